The molecule has 3 unspecified atom stereocenters. The number of hydrogen-bond acceptors (Lipinski definition) is 3. The van der Waals surface area contributed by atoms with E-state index in [-0.39, 0.29) is 12.3 Å². The number of aliphatic carboxylic acids is 1. The van der Waals surface area contributed by atoms with Gasteiger partial charge in [-0.05, 0) is 30.5 Å². The number of nitrogens with one attached hydrogen (secondary N) is 1. The lowest BCUT2D eigenvalue weighted by molar-refractivity contribution is -0.144. The number of halogens is 1. The van der Waals surface area contributed by atoms with E-state index < -0.39 is 24.0 Å². The zero-order valence-electron chi connectivity index (χ0n) is 11.3. The van der Waals surface area contributed by atoms with Crippen LogP contribution < -0.4 is 5.32 Å². The molecule has 1 aromatic carbocycles. The molecule has 0 radical (unpaired) electrons. The molecule has 0 bridgehead atoms. The van der Waals surface area contributed by atoms with E-state index in [1.54, 1.807) is 0 Å². The van der Waals surface area contributed by atoms with Gasteiger partial charge in [-0.3, -0.25) is 4.79 Å². The van der Waals surface area contributed by atoms with E-state index >= 15 is 0 Å². The molecule has 6 heteroatoms. The lowest BCUT2D eigenvalue weighted by Gasteiger charge is -2.18. The minimum atomic E-state index is -1.28. The Kier molecular flexibility index (Phi) is 6.16. The Balaban J connectivity index is 2.61. The first-order valence-corrected chi connectivity index (χ1v) is 7.06. The van der Waals surface area contributed by atoms with Crippen molar-refractivity contribution in [1.29, 1.82) is 0 Å². The van der Waals surface area contributed by atoms with Crippen molar-refractivity contribution in [3.63, 3.8) is 0 Å². The molecule has 0 fully saturated rings. The smallest absolute Gasteiger partial charge is 0.328 e. The van der Waals surface area contributed by atoms with Gasteiger partial charge in [-0.15, -0.1) is 0 Å². The maximum atomic E-state index is 11.8. The second-order valence-electron chi connectivity index (χ2n) is 4.78. The average Bonchev–Trinajstić information content (AvgIpc) is 2.35. The number of carbonyl (C=O) groups is 2. The maximum Gasteiger partial charge on any atom is 0.328 e. The summed E-state index contributed by atoms with van der Waals surface area (Å²) >= 11 is 3.34. The van der Waals surface area contributed by atoms with Crippen molar-refractivity contribution in [2.24, 2.45) is 0 Å². The largest absolute Gasteiger partial charge is 0.480 e. The van der Waals surface area contributed by atoms with Crippen LogP contribution in [0.4, 0.5) is 0 Å². The number of amides is 1. The third-order valence-corrected chi connectivity index (χ3v) is 3.52. The highest BCUT2D eigenvalue weighted by Gasteiger charge is 2.25. The van der Waals surface area contributed by atoms with Gasteiger partial charge in [0, 0.05) is 10.9 Å². The predicted octanol–water partition coefficient (Wildman–Crippen LogP) is 1.89. The Hall–Kier alpha value is -1.40. The van der Waals surface area contributed by atoms with Gasteiger partial charge in [0.15, 0.2) is 6.04 Å². The quantitative estimate of drug-likeness (QED) is 0.736. The van der Waals surface area contributed by atoms with Crippen LogP contribution in [0.1, 0.15) is 31.7 Å². The molecule has 0 spiro atoms. The lowest BCUT2D eigenvalue weighted by atomic mass is 9.97. The molecule has 0 aliphatic rings. The molecule has 0 saturated carbocycles. The molecule has 3 N–H and O–H groups in total. The molecule has 0 aliphatic heterocycles. The number of carbonyl (C=O) groups excluding carboxylic acids is 1. The topological polar surface area (TPSA) is 86.6 Å². The summed E-state index contributed by atoms with van der Waals surface area (Å²) in [6, 6.07) is 6.32. The Morgan fingerprint density at radius 3 is 2.25 bits per heavy atom. The highest BCUT2D eigenvalue weighted by atomic mass is 79.9. The van der Waals surface area contributed by atoms with Gasteiger partial charge in [0.1, 0.15) is 0 Å². The molecule has 0 heterocycles. The van der Waals surface area contributed by atoms with E-state index in [0.717, 1.165) is 10.0 Å². The normalized spacial score (nSPS) is 15.2. The fraction of sp³-hybridized carbons (Fsp3) is 0.429. The van der Waals surface area contributed by atoms with E-state index in [1.165, 1.54) is 6.92 Å². The first kappa shape index (κ1) is 16.7. The molecule has 1 rings (SSSR count). The second kappa shape index (κ2) is 7.40. The molecule has 0 aliphatic carbocycles. The molecule has 5 nitrogen and oxygen atoms in total. The van der Waals surface area contributed by atoms with E-state index in [2.05, 4.69) is 21.2 Å². The first-order chi connectivity index (χ1) is 9.31. The molecule has 110 valence electrons. The number of carboxylic acids is 1. The molecule has 20 heavy (non-hydrogen) atoms. The van der Waals surface area contributed by atoms with Crippen molar-refractivity contribution in [2.45, 2.75) is 38.3 Å². The van der Waals surface area contributed by atoms with Crippen LogP contribution in [0.2, 0.25) is 0 Å². The number of rotatable bonds is 6. The SMILES string of the molecule is CC(CC(=O)NC(C(=O)O)C(C)O)c1ccc(Br)cc1. The van der Waals surface area contributed by atoms with Crippen LogP contribution in [-0.2, 0) is 9.59 Å². The van der Waals surface area contributed by atoms with Crippen molar-refractivity contribution in [3.05, 3.63) is 34.3 Å². The maximum absolute atomic E-state index is 11.8. The fourth-order valence-corrected chi connectivity index (χ4v) is 2.07. The fourth-order valence-electron chi connectivity index (χ4n) is 1.81. The number of aliphatic hydroxyl groups is 1. The van der Waals surface area contributed by atoms with Gasteiger partial charge in [-0.25, -0.2) is 4.79 Å². The Morgan fingerprint density at radius 2 is 1.80 bits per heavy atom. The van der Waals surface area contributed by atoms with E-state index in [1.807, 2.05) is 31.2 Å². The summed E-state index contributed by atoms with van der Waals surface area (Å²) in [5.41, 5.74) is 0.993. The lowest BCUT2D eigenvalue weighted by Crippen LogP contribution is -2.47. The van der Waals surface area contributed by atoms with Gasteiger partial charge < -0.3 is 15.5 Å². The summed E-state index contributed by atoms with van der Waals surface area (Å²) in [6.07, 6.45) is -0.975. The molecular weight excluding hydrogens is 326 g/mol. The Morgan fingerprint density at radius 1 is 1.25 bits per heavy atom. The number of aliphatic hydroxyl groups excluding tert-OH is 1. The van der Waals surface area contributed by atoms with E-state index in [0.29, 0.717) is 0 Å². The van der Waals surface area contributed by atoms with E-state index in [9.17, 15) is 14.7 Å². The Labute approximate surface area is 126 Å². The van der Waals surface area contributed by atoms with Crippen molar-refractivity contribution in [2.75, 3.05) is 0 Å². The summed E-state index contributed by atoms with van der Waals surface area (Å²) in [5, 5.41) is 20.5. The van der Waals surface area contributed by atoms with Crippen LogP contribution in [0, 0.1) is 0 Å². The average molecular weight is 344 g/mol. The van der Waals surface area contributed by atoms with Crippen LogP contribution in [0.3, 0.4) is 0 Å². The van der Waals surface area contributed by atoms with Crippen LogP contribution in [0.5, 0.6) is 0 Å². The van der Waals surface area contributed by atoms with Gasteiger partial charge in [-0.2, -0.15) is 0 Å². The molecule has 1 aromatic rings. The molecular formula is C14H18BrNO4. The van der Waals surface area contributed by atoms with Crippen LogP contribution in [0.25, 0.3) is 0 Å². The van der Waals surface area contributed by atoms with Crippen molar-refractivity contribution in [3.8, 4) is 0 Å². The van der Waals surface area contributed by atoms with Crippen molar-refractivity contribution < 1.29 is 19.8 Å². The van der Waals surface area contributed by atoms with Crippen LogP contribution >= 0.6 is 15.9 Å². The van der Waals surface area contributed by atoms with Gasteiger partial charge in [0.2, 0.25) is 5.91 Å². The number of benzene rings is 1. The number of carboxylic acid groups (broad SMARTS) is 1. The predicted molar refractivity (Wildman–Crippen MR) is 78.4 cm³/mol. The highest BCUT2D eigenvalue weighted by molar-refractivity contribution is 9.10. The molecule has 1 amide bonds. The summed E-state index contributed by atoms with van der Waals surface area (Å²) in [5.74, 6) is -1.68. The van der Waals surface area contributed by atoms with Crippen molar-refractivity contribution in [1.82, 2.24) is 5.32 Å². The molecule has 0 saturated heterocycles. The van der Waals surface area contributed by atoms with Gasteiger partial charge in [-0.1, -0.05) is 35.0 Å². The third-order valence-electron chi connectivity index (χ3n) is 3.00. The van der Waals surface area contributed by atoms with E-state index in [4.69, 9.17) is 5.11 Å². The highest BCUT2D eigenvalue weighted by Crippen LogP contribution is 2.21. The summed E-state index contributed by atoms with van der Waals surface area (Å²) < 4.78 is 0.956. The first-order valence-electron chi connectivity index (χ1n) is 6.27. The van der Waals surface area contributed by atoms with Crippen LogP contribution in [-0.4, -0.2) is 34.2 Å². The minimum Gasteiger partial charge on any atom is -0.480 e. The van der Waals surface area contributed by atoms with Gasteiger partial charge in [0.05, 0.1) is 6.10 Å². The molecule has 0 aromatic heterocycles. The van der Waals surface area contributed by atoms with Gasteiger partial charge in [0.25, 0.3) is 0 Å². The number of hydrogen-bond donors (Lipinski definition) is 3. The van der Waals surface area contributed by atoms with Crippen molar-refractivity contribution >= 4 is 27.8 Å². The van der Waals surface area contributed by atoms with Gasteiger partial charge >= 0.3 is 5.97 Å². The summed E-state index contributed by atoms with van der Waals surface area (Å²) in [6.45, 7) is 3.22. The van der Waals surface area contributed by atoms with Crippen LogP contribution in [0.15, 0.2) is 28.7 Å². The Bertz CT molecular complexity index is 473. The zero-order chi connectivity index (χ0) is 15.3. The summed E-state index contributed by atoms with van der Waals surface area (Å²) in [4.78, 5) is 22.7. The zero-order valence-corrected chi connectivity index (χ0v) is 12.9. The minimum absolute atomic E-state index is 0.0356. The standard InChI is InChI=1S/C14H18BrNO4/c1-8(10-3-5-11(15)6-4-10)7-12(18)16-13(9(2)17)14(19)20/h3-6,8-9,13,17H,7H2,1-2H3,(H,16,18)(H,19,20). The second-order valence-corrected chi connectivity index (χ2v) is 5.70. The molecule has 3 atom stereocenters. The summed E-state index contributed by atoms with van der Waals surface area (Å²) in [7, 11) is 0. The monoisotopic (exact) mass is 343 g/mol. The third kappa shape index (κ3) is 4.94.